The molecule has 204 valence electrons. The fourth-order valence-corrected chi connectivity index (χ4v) is 5.63. The van der Waals surface area contributed by atoms with Crippen molar-refractivity contribution in [2.24, 2.45) is 0 Å². The molecule has 2 aliphatic rings. The Morgan fingerprint density at radius 2 is 2.00 bits per heavy atom. The number of anilines is 2. The van der Waals surface area contributed by atoms with Gasteiger partial charge in [-0.15, -0.1) is 0 Å². The Hall–Kier alpha value is -4.57. The van der Waals surface area contributed by atoms with Gasteiger partial charge in [-0.05, 0) is 48.4 Å². The first kappa shape index (κ1) is 25.7. The number of rotatable bonds is 5. The van der Waals surface area contributed by atoms with Gasteiger partial charge in [-0.25, -0.2) is 14.6 Å². The molecule has 11 heteroatoms. The van der Waals surface area contributed by atoms with Gasteiger partial charge >= 0.3 is 12.2 Å². The van der Waals surface area contributed by atoms with Gasteiger partial charge in [0.1, 0.15) is 11.7 Å². The van der Waals surface area contributed by atoms with E-state index in [0.717, 1.165) is 11.1 Å². The molecule has 1 fully saturated rings. The van der Waals surface area contributed by atoms with Crippen molar-refractivity contribution in [3.05, 3.63) is 88.7 Å². The standard InChI is InChI=1S/C29H26ClN5O5/c1-39-27(37)31-19-8-10-23-24(15-19)33-25(32-23)20(13-17-5-3-2-4-6-17)26(36)35-12-11-29(16-35)21-14-18(30)7-9-22(21)34-28(38)40-29/h2-10,14-15,20H,11-13,16H2,1H3,(H,31,37)(H,32,33)(H,34,38)/t20-,29+/m1/s1. The van der Waals surface area contributed by atoms with Crippen molar-refractivity contribution in [1.82, 2.24) is 14.9 Å². The van der Waals surface area contributed by atoms with Crippen molar-refractivity contribution in [2.75, 3.05) is 30.8 Å². The lowest BCUT2D eigenvalue weighted by Crippen LogP contribution is -2.43. The van der Waals surface area contributed by atoms with Crippen LogP contribution in [0.2, 0.25) is 5.02 Å². The zero-order valence-electron chi connectivity index (χ0n) is 21.6. The Morgan fingerprint density at radius 1 is 1.18 bits per heavy atom. The molecule has 4 aromatic rings. The minimum absolute atomic E-state index is 0.133. The number of amides is 3. The maximum absolute atomic E-state index is 14.2. The average Bonchev–Trinajstić information content (AvgIpc) is 3.57. The third-order valence-corrected chi connectivity index (χ3v) is 7.62. The third-order valence-electron chi connectivity index (χ3n) is 7.38. The van der Waals surface area contributed by atoms with Crippen molar-refractivity contribution in [1.29, 1.82) is 0 Å². The molecule has 0 bridgehead atoms. The molecule has 3 heterocycles. The van der Waals surface area contributed by atoms with Crippen LogP contribution in [-0.2, 0) is 26.3 Å². The quantitative estimate of drug-likeness (QED) is 0.300. The molecule has 3 amide bonds. The lowest BCUT2D eigenvalue weighted by atomic mass is 9.90. The van der Waals surface area contributed by atoms with Gasteiger partial charge in [0, 0.05) is 29.2 Å². The van der Waals surface area contributed by atoms with Gasteiger partial charge in [-0.3, -0.25) is 15.4 Å². The molecular weight excluding hydrogens is 534 g/mol. The number of carbonyl (C=O) groups excluding carboxylic acids is 3. The number of halogens is 1. The number of likely N-dealkylation sites (tertiary alicyclic amines) is 1. The molecule has 1 spiro atoms. The van der Waals surface area contributed by atoms with Gasteiger partial charge in [0.25, 0.3) is 0 Å². The minimum Gasteiger partial charge on any atom is -0.453 e. The van der Waals surface area contributed by atoms with E-state index in [-0.39, 0.29) is 12.5 Å². The second kappa shape index (κ2) is 10.2. The fourth-order valence-electron chi connectivity index (χ4n) is 5.46. The third kappa shape index (κ3) is 4.82. The first-order valence-corrected chi connectivity index (χ1v) is 13.2. The molecule has 2 aliphatic heterocycles. The summed E-state index contributed by atoms with van der Waals surface area (Å²) in [7, 11) is 1.29. The Bertz CT molecular complexity index is 1620. The molecule has 2 atom stereocenters. The number of hydrogen-bond acceptors (Lipinski definition) is 6. The van der Waals surface area contributed by atoms with Gasteiger partial charge in [-0.2, -0.15) is 0 Å². The molecular formula is C29H26ClN5O5. The summed E-state index contributed by atoms with van der Waals surface area (Å²) in [4.78, 5) is 48.0. The number of hydrogen-bond donors (Lipinski definition) is 3. The molecule has 1 aromatic heterocycles. The predicted octanol–water partition coefficient (Wildman–Crippen LogP) is 5.41. The van der Waals surface area contributed by atoms with E-state index < -0.39 is 23.7 Å². The van der Waals surface area contributed by atoms with Crippen molar-refractivity contribution >= 4 is 52.1 Å². The van der Waals surface area contributed by atoms with E-state index in [1.165, 1.54) is 7.11 Å². The van der Waals surface area contributed by atoms with Crippen LogP contribution in [0.4, 0.5) is 21.0 Å². The number of ether oxygens (including phenoxy) is 2. The maximum atomic E-state index is 14.2. The lowest BCUT2D eigenvalue weighted by molar-refractivity contribution is -0.133. The highest BCUT2D eigenvalue weighted by Gasteiger charge is 2.49. The van der Waals surface area contributed by atoms with E-state index in [2.05, 4.69) is 20.4 Å². The Labute approximate surface area is 234 Å². The summed E-state index contributed by atoms with van der Waals surface area (Å²) in [5.41, 5.74) is 3.24. The van der Waals surface area contributed by atoms with E-state index in [9.17, 15) is 14.4 Å². The highest BCUT2D eigenvalue weighted by molar-refractivity contribution is 6.30. The summed E-state index contributed by atoms with van der Waals surface area (Å²) in [5.74, 6) is -0.255. The number of imidazole rings is 1. The smallest absolute Gasteiger partial charge is 0.412 e. The molecule has 6 rings (SSSR count). The fraction of sp³-hybridized carbons (Fsp3) is 0.241. The van der Waals surface area contributed by atoms with Gasteiger partial charge in [0.2, 0.25) is 5.91 Å². The van der Waals surface area contributed by atoms with Crippen molar-refractivity contribution in [3.63, 3.8) is 0 Å². The zero-order chi connectivity index (χ0) is 27.9. The van der Waals surface area contributed by atoms with E-state index >= 15 is 0 Å². The van der Waals surface area contributed by atoms with Crippen LogP contribution in [-0.4, -0.2) is 53.2 Å². The first-order chi connectivity index (χ1) is 19.3. The summed E-state index contributed by atoms with van der Waals surface area (Å²) in [6, 6.07) is 20.2. The highest BCUT2D eigenvalue weighted by Crippen LogP contribution is 2.44. The molecule has 1 saturated heterocycles. The number of nitrogens with one attached hydrogen (secondary N) is 3. The second-order valence-corrected chi connectivity index (χ2v) is 10.4. The number of aromatic amines is 1. The van der Waals surface area contributed by atoms with Crippen LogP contribution >= 0.6 is 11.6 Å². The number of nitrogens with zero attached hydrogens (tertiary/aromatic N) is 2. The van der Waals surface area contributed by atoms with Crippen molar-refractivity contribution < 1.29 is 23.9 Å². The van der Waals surface area contributed by atoms with Gasteiger partial charge in [0.15, 0.2) is 5.60 Å². The van der Waals surface area contributed by atoms with Crippen LogP contribution < -0.4 is 10.6 Å². The largest absolute Gasteiger partial charge is 0.453 e. The van der Waals surface area contributed by atoms with Gasteiger partial charge in [-0.1, -0.05) is 41.9 Å². The van der Waals surface area contributed by atoms with E-state index in [1.54, 1.807) is 41.3 Å². The van der Waals surface area contributed by atoms with Crippen LogP contribution in [0.3, 0.4) is 0 Å². The van der Waals surface area contributed by atoms with Crippen molar-refractivity contribution in [2.45, 2.75) is 24.4 Å². The van der Waals surface area contributed by atoms with E-state index in [1.807, 2.05) is 30.3 Å². The number of methoxy groups -OCH3 is 1. The number of carbonyl (C=O) groups is 3. The number of H-pyrrole nitrogens is 1. The number of fused-ring (bicyclic) bond motifs is 3. The second-order valence-electron chi connectivity index (χ2n) is 9.92. The zero-order valence-corrected chi connectivity index (χ0v) is 22.3. The van der Waals surface area contributed by atoms with Crippen LogP contribution in [0.5, 0.6) is 0 Å². The lowest BCUT2D eigenvalue weighted by Gasteiger charge is -2.35. The Balaban J connectivity index is 1.33. The SMILES string of the molecule is COC(=O)Nc1ccc2nc([C@@H](Cc3ccccc3)C(=O)N3CC[C@@]4(C3)OC(=O)Nc3ccc(Cl)cc34)[nH]c2c1. The van der Waals surface area contributed by atoms with Crippen LogP contribution in [0.1, 0.15) is 29.3 Å². The van der Waals surface area contributed by atoms with Crippen molar-refractivity contribution in [3.8, 4) is 0 Å². The minimum atomic E-state index is -0.988. The number of aromatic nitrogens is 2. The molecule has 0 radical (unpaired) electrons. The maximum Gasteiger partial charge on any atom is 0.412 e. The monoisotopic (exact) mass is 559 g/mol. The first-order valence-electron chi connectivity index (χ1n) is 12.8. The van der Waals surface area contributed by atoms with E-state index in [0.29, 0.717) is 52.6 Å². The normalized spacial score (nSPS) is 18.6. The molecule has 0 saturated carbocycles. The highest BCUT2D eigenvalue weighted by atomic mass is 35.5. The van der Waals surface area contributed by atoms with Gasteiger partial charge < -0.3 is 19.4 Å². The molecule has 0 aliphatic carbocycles. The summed E-state index contributed by atoms with van der Waals surface area (Å²) in [6.45, 7) is 0.599. The molecule has 0 unspecified atom stereocenters. The predicted molar refractivity (Wildman–Crippen MR) is 149 cm³/mol. The van der Waals surface area contributed by atoms with Gasteiger partial charge in [0.05, 0.1) is 30.4 Å². The summed E-state index contributed by atoms with van der Waals surface area (Å²) in [5, 5.41) is 5.89. The van der Waals surface area contributed by atoms with Crippen LogP contribution in [0.25, 0.3) is 11.0 Å². The van der Waals surface area contributed by atoms with E-state index in [4.69, 9.17) is 21.3 Å². The average molecular weight is 560 g/mol. The number of benzene rings is 3. The van der Waals surface area contributed by atoms with Crippen LogP contribution in [0, 0.1) is 0 Å². The molecule has 40 heavy (non-hydrogen) atoms. The summed E-state index contributed by atoms with van der Waals surface area (Å²) in [6.07, 6.45) is -0.278. The Morgan fingerprint density at radius 3 is 2.80 bits per heavy atom. The topological polar surface area (TPSA) is 126 Å². The summed E-state index contributed by atoms with van der Waals surface area (Å²) >= 11 is 6.29. The summed E-state index contributed by atoms with van der Waals surface area (Å²) < 4.78 is 10.5. The molecule has 3 N–H and O–H groups in total. The Kier molecular flexibility index (Phi) is 6.55. The molecule has 3 aromatic carbocycles. The molecule has 10 nitrogen and oxygen atoms in total. The van der Waals surface area contributed by atoms with Crippen LogP contribution in [0.15, 0.2) is 66.7 Å².